The van der Waals surface area contributed by atoms with Crippen molar-refractivity contribution in [2.45, 2.75) is 44.6 Å². The second-order valence-electron chi connectivity index (χ2n) is 12.4. The Labute approximate surface area is 289 Å². The van der Waals surface area contributed by atoms with Gasteiger partial charge in [0, 0.05) is 18.5 Å². The van der Waals surface area contributed by atoms with Crippen LogP contribution in [-0.4, -0.2) is 36.6 Å². The molecule has 7 aromatic rings. The average molecular weight is 662 g/mol. The van der Waals surface area contributed by atoms with Gasteiger partial charge in [-0.1, -0.05) is 97.1 Å². The van der Waals surface area contributed by atoms with Gasteiger partial charge in [-0.05, 0) is 52.1 Å². The van der Waals surface area contributed by atoms with Gasteiger partial charge in [-0.25, -0.2) is 9.97 Å². The Morgan fingerprint density at radius 1 is 0.780 bits per heavy atom. The van der Waals surface area contributed by atoms with Crippen LogP contribution in [-0.2, 0) is 29.2 Å². The summed E-state index contributed by atoms with van der Waals surface area (Å²) in [6.07, 6.45) is 3.13. The molecule has 0 radical (unpaired) electrons. The zero-order valence-electron chi connectivity index (χ0n) is 27.2. The van der Waals surface area contributed by atoms with E-state index in [2.05, 4.69) is 49.1 Å². The minimum absolute atomic E-state index is 0.00511. The fraction of sp³-hybridized carbons (Fsp3) is 0.171. The molecule has 3 heterocycles. The van der Waals surface area contributed by atoms with Gasteiger partial charge in [0.05, 0.1) is 60.0 Å². The molecule has 3 unspecified atom stereocenters. The summed E-state index contributed by atoms with van der Waals surface area (Å²) in [5, 5.41) is 12.6. The third-order valence-electron chi connectivity index (χ3n) is 9.17. The molecule has 1 saturated heterocycles. The summed E-state index contributed by atoms with van der Waals surface area (Å²) in [5.41, 5.74) is 9.53. The van der Waals surface area contributed by atoms with Gasteiger partial charge < -0.3 is 24.5 Å². The summed E-state index contributed by atoms with van der Waals surface area (Å²) in [7, 11) is 0. The van der Waals surface area contributed by atoms with Gasteiger partial charge >= 0.3 is 0 Å². The van der Waals surface area contributed by atoms with E-state index in [0.29, 0.717) is 25.0 Å². The number of nitrogens with zero attached hydrogens (tertiary/aromatic N) is 4. The summed E-state index contributed by atoms with van der Waals surface area (Å²) < 4.78 is 15.4. The molecule has 0 aliphatic carbocycles. The first-order valence-corrected chi connectivity index (χ1v) is 16.7. The first-order valence-electron chi connectivity index (χ1n) is 16.7. The number of carbonyl (C=O) groups is 1. The summed E-state index contributed by atoms with van der Waals surface area (Å²) in [5.74, 6) is -0.279. The molecule has 1 amide bonds. The van der Waals surface area contributed by atoms with Crippen LogP contribution in [0.3, 0.4) is 0 Å². The lowest BCUT2D eigenvalue weighted by Crippen LogP contribution is -2.32. The van der Waals surface area contributed by atoms with Crippen molar-refractivity contribution < 1.29 is 19.4 Å². The molecule has 50 heavy (non-hydrogen) atoms. The van der Waals surface area contributed by atoms with Crippen LogP contribution in [0.1, 0.15) is 51.6 Å². The number of ether oxygens (including phenoxy) is 2. The number of imidazole rings is 1. The molecule has 9 nitrogen and oxygen atoms in total. The first kappa shape index (κ1) is 31.5. The van der Waals surface area contributed by atoms with Crippen molar-refractivity contribution in [2.24, 2.45) is 0 Å². The Morgan fingerprint density at radius 2 is 1.50 bits per heavy atom. The maximum Gasteiger partial charge on any atom is 0.271 e. The molecule has 248 valence electrons. The fourth-order valence-electron chi connectivity index (χ4n) is 6.52. The van der Waals surface area contributed by atoms with Gasteiger partial charge in [-0.3, -0.25) is 9.78 Å². The third kappa shape index (κ3) is 6.62. The fourth-order valence-corrected chi connectivity index (χ4v) is 6.52. The molecule has 1 aliphatic heterocycles. The number of amides is 1. The molecular formula is C41H35N5O4. The second-order valence-corrected chi connectivity index (χ2v) is 12.4. The molecule has 2 aromatic heterocycles. The lowest BCUT2D eigenvalue weighted by Gasteiger charge is -2.36. The Kier molecular flexibility index (Phi) is 8.83. The van der Waals surface area contributed by atoms with E-state index < -0.39 is 6.29 Å². The lowest BCUT2D eigenvalue weighted by molar-refractivity contribution is -0.252. The largest absolute Gasteiger partial charge is 0.392 e. The van der Waals surface area contributed by atoms with Crippen LogP contribution < -0.4 is 5.32 Å². The maximum absolute atomic E-state index is 13.0. The van der Waals surface area contributed by atoms with E-state index in [0.717, 1.165) is 49.9 Å². The molecule has 5 aromatic carbocycles. The summed E-state index contributed by atoms with van der Waals surface area (Å²) >= 11 is 0. The molecule has 3 atom stereocenters. The molecule has 2 N–H and O–H groups in total. The topological polar surface area (TPSA) is 111 Å². The zero-order valence-corrected chi connectivity index (χ0v) is 27.2. The average Bonchev–Trinajstić information content (AvgIpc) is 3.59. The van der Waals surface area contributed by atoms with E-state index in [1.807, 2.05) is 103 Å². The number of fused-ring (bicyclic) bond motifs is 2. The van der Waals surface area contributed by atoms with Gasteiger partial charge in [-0.15, -0.1) is 0 Å². The molecule has 0 bridgehead atoms. The number of aliphatic hydroxyl groups is 1. The number of benzene rings is 5. The van der Waals surface area contributed by atoms with Crippen LogP contribution in [0, 0.1) is 0 Å². The quantitative estimate of drug-likeness (QED) is 0.167. The number of hydrogen-bond acceptors (Lipinski definition) is 7. The number of aliphatic hydroxyl groups excluding tert-OH is 1. The van der Waals surface area contributed by atoms with Crippen molar-refractivity contribution in [2.75, 3.05) is 0 Å². The van der Waals surface area contributed by atoms with Crippen LogP contribution in [0.25, 0.3) is 33.2 Å². The standard InChI is InChI=1S/C41H35N5O4/c47-25-27-13-15-29(16-14-27)39-21-32(24-46-26-44-36-11-5-6-12-38(36)46)49-41(50-39)30-19-17-28(18-20-30)33-8-2-1-7-31(33)22-43-40(48)37-23-42-34-9-3-4-10-35(34)45-37/h1-20,23,26,32,39,41,47H,21-22,24-25H2,(H,43,48). The number of nitrogens with one attached hydrogen (secondary N) is 1. The minimum Gasteiger partial charge on any atom is -0.392 e. The van der Waals surface area contributed by atoms with E-state index in [1.54, 1.807) is 0 Å². The Balaban J connectivity index is 1.01. The molecule has 1 aliphatic rings. The van der Waals surface area contributed by atoms with E-state index in [-0.39, 0.29) is 30.4 Å². The summed E-state index contributed by atoms with van der Waals surface area (Å²) in [6, 6.07) is 39.7. The second kappa shape index (κ2) is 14.0. The highest BCUT2D eigenvalue weighted by Gasteiger charge is 2.32. The smallest absolute Gasteiger partial charge is 0.271 e. The van der Waals surface area contributed by atoms with E-state index in [4.69, 9.17) is 9.47 Å². The third-order valence-corrected chi connectivity index (χ3v) is 9.17. The highest BCUT2D eigenvalue weighted by molar-refractivity contribution is 5.93. The summed E-state index contributed by atoms with van der Waals surface area (Å²) in [4.78, 5) is 26.5. The highest BCUT2D eigenvalue weighted by atomic mass is 16.7. The van der Waals surface area contributed by atoms with Crippen LogP contribution in [0.15, 0.2) is 134 Å². The van der Waals surface area contributed by atoms with E-state index >= 15 is 0 Å². The monoisotopic (exact) mass is 661 g/mol. The van der Waals surface area contributed by atoms with Crippen LogP contribution in [0.2, 0.25) is 0 Å². The molecule has 8 rings (SSSR count). The number of para-hydroxylation sites is 4. The van der Waals surface area contributed by atoms with Crippen molar-refractivity contribution in [3.63, 3.8) is 0 Å². The highest BCUT2D eigenvalue weighted by Crippen LogP contribution is 2.39. The van der Waals surface area contributed by atoms with Gasteiger partial charge in [0.1, 0.15) is 5.69 Å². The molecule has 9 heteroatoms. The van der Waals surface area contributed by atoms with Crippen molar-refractivity contribution in [3.8, 4) is 11.1 Å². The van der Waals surface area contributed by atoms with Crippen LogP contribution >= 0.6 is 0 Å². The SMILES string of the molecule is O=C(NCc1ccccc1-c1ccc(C2OC(Cn3cnc4ccccc43)CC(c3ccc(CO)cc3)O2)cc1)c1cnc2ccccc2n1. The Hall–Kier alpha value is -5.74. The van der Waals surface area contributed by atoms with Crippen LogP contribution in [0.4, 0.5) is 0 Å². The summed E-state index contributed by atoms with van der Waals surface area (Å²) in [6.45, 7) is 0.962. The van der Waals surface area contributed by atoms with Crippen molar-refractivity contribution in [1.29, 1.82) is 0 Å². The Morgan fingerprint density at radius 3 is 2.32 bits per heavy atom. The molecule has 0 saturated carbocycles. The number of rotatable bonds is 9. The van der Waals surface area contributed by atoms with Crippen molar-refractivity contribution in [3.05, 3.63) is 162 Å². The number of hydrogen-bond donors (Lipinski definition) is 2. The van der Waals surface area contributed by atoms with E-state index in [9.17, 15) is 9.90 Å². The van der Waals surface area contributed by atoms with Crippen molar-refractivity contribution >= 4 is 28.0 Å². The molecule has 1 fully saturated rings. The van der Waals surface area contributed by atoms with Crippen LogP contribution in [0.5, 0.6) is 0 Å². The van der Waals surface area contributed by atoms with E-state index in [1.165, 1.54) is 6.20 Å². The number of carbonyl (C=O) groups excluding carboxylic acids is 1. The predicted octanol–water partition coefficient (Wildman–Crippen LogP) is 7.31. The number of aromatic nitrogens is 4. The van der Waals surface area contributed by atoms with Crippen molar-refractivity contribution in [1.82, 2.24) is 24.8 Å². The molecular weight excluding hydrogens is 626 g/mol. The normalized spacial score (nSPS) is 17.6. The Bertz CT molecular complexity index is 2270. The first-order chi connectivity index (χ1) is 24.6. The van der Waals surface area contributed by atoms with Gasteiger partial charge in [-0.2, -0.15) is 0 Å². The van der Waals surface area contributed by atoms with Gasteiger partial charge in [0.25, 0.3) is 5.91 Å². The lowest BCUT2D eigenvalue weighted by atomic mass is 9.97. The minimum atomic E-state index is -0.585. The maximum atomic E-state index is 13.0. The molecule has 0 spiro atoms. The zero-order chi connectivity index (χ0) is 33.9. The van der Waals surface area contributed by atoms with Gasteiger partial charge in [0.2, 0.25) is 0 Å². The van der Waals surface area contributed by atoms with Gasteiger partial charge in [0.15, 0.2) is 6.29 Å². The predicted molar refractivity (Wildman–Crippen MR) is 191 cm³/mol.